The smallest absolute Gasteiger partial charge is 0.0553 e. The lowest BCUT2D eigenvalue weighted by Gasteiger charge is -2.27. The summed E-state index contributed by atoms with van der Waals surface area (Å²) in [6.45, 7) is 7.31. The van der Waals surface area contributed by atoms with Crippen LogP contribution in [0.1, 0.15) is 28.7 Å². The lowest BCUT2D eigenvalue weighted by molar-refractivity contribution is 0.304. The monoisotopic (exact) mass is 280 g/mol. The number of nitrogens with zero attached hydrogens (tertiary/aromatic N) is 1. The highest BCUT2D eigenvalue weighted by Crippen LogP contribution is 2.32. The Kier molecular flexibility index (Phi) is 3.83. The molecule has 1 aliphatic heterocycles. The van der Waals surface area contributed by atoms with Crippen molar-refractivity contribution >= 4 is 0 Å². The van der Waals surface area contributed by atoms with E-state index in [1.54, 1.807) is 0 Å². The van der Waals surface area contributed by atoms with Gasteiger partial charge in [0.1, 0.15) is 0 Å². The second kappa shape index (κ2) is 5.63. The highest BCUT2D eigenvalue weighted by Gasteiger charge is 2.36. The molecular formula is C19H24N2. The van der Waals surface area contributed by atoms with Gasteiger partial charge in [-0.3, -0.25) is 4.90 Å². The van der Waals surface area contributed by atoms with E-state index in [4.69, 9.17) is 5.73 Å². The van der Waals surface area contributed by atoms with Crippen molar-refractivity contribution in [2.75, 3.05) is 13.1 Å². The van der Waals surface area contributed by atoms with Crippen molar-refractivity contribution in [1.29, 1.82) is 0 Å². The molecule has 1 aliphatic rings. The zero-order chi connectivity index (χ0) is 14.9. The van der Waals surface area contributed by atoms with Gasteiger partial charge in [-0.05, 0) is 37.0 Å². The predicted molar refractivity (Wildman–Crippen MR) is 88.1 cm³/mol. The Bertz CT molecular complexity index is 621. The fourth-order valence-electron chi connectivity index (χ4n) is 3.38. The zero-order valence-corrected chi connectivity index (χ0v) is 13.0. The summed E-state index contributed by atoms with van der Waals surface area (Å²) >= 11 is 0. The highest BCUT2D eigenvalue weighted by atomic mass is 15.2. The quantitative estimate of drug-likeness (QED) is 0.934. The van der Waals surface area contributed by atoms with Crippen LogP contribution in [-0.4, -0.2) is 18.0 Å². The van der Waals surface area contributed by atoms with Gasteiger partial charge in [-0.25, -0.2) is 0 Å². The molecule has 2 nitrogen and oxygen atoms in total. The van der Waals surface area contributed by atoms with Crippen molar-refractivity contribution in [1.82, 2.24) is 4.90 Å². The van der Waals surface area contributed by atoms with Gasteiger partial charge in [0.25, 0.3) is 0 Å². The molecule has 1 fully saturated rings. The fraction of sp³-hybridized carbons (Fsp3) is 0.368. The number of benzene rings is 2. The Balaban J connectivity index is 1.77. The maximum absolute atomic E-state index is 6.75. The first-order valence-corrected chi connectivity index (χ1v) is 7.70. The summed E-state index contributed by atoms with van der Waals surface area (Å²) in [7, 11) is 0. The minimum absolute atomic E-state index is 0.203. The summed E-state index contributed by atoms with van der Waals surface area (Å²) in [5.74, 6) is 0. The van der Waals surface area contributed by atoms with Gasteiger partial charge in [-0.15, -0.1) is 0 Å². The van der Waals surface area contributed by atoms with Gasteiger partial charge >= 0.3 is 0 Å². The molecule has 1 saturated heterocycles. The van der Waals surface area contributed by atoms with E-state index in [9.17, 15) is 0 Å². The average molecular weight is 280 g/mol. The molecule has 0 aliphatic carbocycles. The normalized spacial score (nSPS) is 22.6. The maximum Gasteiger partial charge on any atom is 0.0553 e. The molecule has 2 aromatic rings. The molecule has 0 bridgehead atoms. The van der Waals surface area contributed by atoms with Crippen molar-refractivity contribution in [2.45, 2.75) is 32.4 Å². The molecule has 3 rings (SSSR count). The highest BCUT2D eigenvalue weighted by molar-refractivity contribution is 5.37. The van der Waals surface area contributed by atoms with Gasteiger partial charge in [0, 0.05) is 19.6 Å². The van der Waals surface area contributed by atoms with Crippen molar-refractivity contribution in [3.05, 3.63) is 70.8 Å². The largest absolute Gasteiger partial charge is 0.320 e. The van der Waals surface area contributed by atoms with E-state index in [2.05, 4.69) is 67.3 Å². The first-order valence-electron chi connectivity index (χ1n) is 7.70. The molecule has 110 valence electrons. The van der Waals surface area contributed by atoms with Crippen LogP contribution >= 0.6 is 0 Å². The van der Waals surface area contributed by atoms with Crippen molar-refractivity contribution in [2.24, 2.45) is 5.73 Å². The van der Waals surface area contributed by atoms with Crippen molar-refractivity contribution in [3.8, 4) is 0 Å². The van der Waals surface area contributed by atoms with Crippen LogP contribution < -0.4 is 5.73 Å². The molecule has 2 N–H and O–H groups in total. The van der Waals surface area contributed by atoms with Crippen LogP contribution in [0.3, 0.4) is 0 Å². The van der Waals surface area contributed by atoms with Crippen LogP contribution in [0.15, 0.2) is 48.5 Å². The van der Waals surface area contributed by atoms with Gasteiger partial charge in [0.2, 0.25) is 0 Å². The zero-order valence-electron chi connectivity index (χ0n) is 13.0. The molecule has 0 spiro atoms. The molecule has 0 radical (unpaired) electrons. The molecule has 2 heteroatoms. The van der Waals surface area contributed by atoms with Crippen LogP contribution in [-0.2, 0) is 12.1 Å². The number of likely N-dealkylation sites (tertiary alicyclic amines) is 1. The van der Waals surface area contributed by atoms with Gasteiger partial charge < -0.3 is 5.73 Å². The van der Waals surface area contributed by atoms with E-state index in [-0.39, 0.29) is 5.54 Å². The lowest BCUT2D eigenvalue weighted by atomic mass is 9.86. The van der Waals surface area contributed by atoms with Crippen LogP contribution in [0.2, 0.25) is 0 Å². The van der Waals surface area contributed by atoms with Gasteiger partial charge in [-0.2, -0.15) is 0 Å². The Hall–Kier alpha value is -1.64. The van der Waals surface area contributed by atoms with E-state index < -0.39 is 0 Å². The van der Waals surface area contributed by atoms with E-state index >= 15 is 0 Å². The van der Waals surface area contributed by atoms with Crippen molar-refractivity contribution in [3.63, 3.8) is 0 Å². The number of hydrogen-bond acceptors (Lipinski definition) is 2. The van der Waals surface area contributed by atoms with Crippen LogP contribution in [0.4, 0.5) is 0 Å². The molecule has 1 atom stereocenters. The van der Waals surface area contributed by atoms with Gasteiger partial charge in [0.15, 0.2) is 0 Å². The first kappa shape index (κ1) is 14.3. The standard InChI is InChI=1S/C19H24N2/c1-15-8-9-16(2)18(12-15)19(20)10-11-21(14-19)13-17-6-4-3-5-7-17/h3-9,12H,10-11,13-14,20H2,1-2H3. The molecular weight excluding hydrogens is 256 g/mol. The minimum Gasteiger partial charge on any atom is -0.320 e. The van der Waals surface area contributed by atoms with Crippen LogP contribution in [0.5, 0.6) is 0 Å². The predicted octanol–water partition coefficient (Wildman–Crippen LogP) is 3.36. The summed E-state index contributed by atoms with van der Waals surface area (Å²) in [4.78, 5) is 2.47. The van der Waals surface area contributed by atoms with Crippen LogP contribution in [0, 0.1) is 13.8 Å². The summed E-state index contributed by atoms with van der Waals surface area (Å²) in [5.41, 5.74) is 11.8. The lowest BCUT2D eigenvalue weighted by Crippen LogP contribution is -2.40. The summed E-state index contributed by atoms with van der Waals surface area (Å²) in [5, 5.41) is 0. The Labute approximate surface area is 127 Å². The van der Waals surface area contributed by atoms with E-state index in [0.29, 0.717) is 0 Å². The molecule has 1 unspecified atom stereocenters. The maximum atomic E-state index is 6.75. The Morgan fingerprint density at radius 1 is 1.10 bits per heavy atom. The Morgan fingerprint density at radius 3 is 2.62 bits per heavy atom. The number of nitrogens with two attached hydrogens (primary N) is 1. The summed E-state index contributed by atoms with van der Waals surface area (Å²) < 4.78 is 0. The molecule has 0 amide bonds. The fourth-order valence-corrected chi connectivity index (χ4v) is 3.38. The SMILES string of the molecule is Cc1ccc(C)c(C2(N)CCN(Cc3ccccc3)C2)c1. The average Bonchev–Trinajstić information content (AvgIpc) is 2.85. The number of rotatable bonds is 3. The molecule has 1 heterocycles. The Morgan fingerprint density at radius 2 is 1.86 bits per heavy atom. The first-order chi connectivity index (χ1) is 10.1. The molecule has 21 heavy (non-hydrogen) atoms. The van der Waals surface area contributed by atoms with Gasteiger partial charge in [-0.1, -0.05) is 54.1 Å². The van der Waals surface area contributed by atoms with Crippen molar-refractivity contribution < 1.29 is 0 Å². The van der Waals surface area contributed by atoms with Gasteiger partial charge in [0.05, 0.1) is 5.54 Å². The number of aryl methyl sites for hydroxylation is 2. The number of hydrogen-bond donors (Lipinski definition) is 1. The van der Waals surface area contributed by atoms with Crippen LogP contribution in [0.25, 0.3) is 0 Å². The van der Waals surface area contributed by atoms with E-state index in [1.807, 2.05) is 0 Å². The van der Waals surface area contributed by atoms with E-state index in [0.717, 1.165) is 26.1 Å². The third-order valence-corrected chi connectivity index (χ3v) is 4.56. The molecule has 0 aromatic heterocycles. The summed E-state index contributed by atoms with van der Waals surface area (Å²) in [6.07, 6.45) is 1.03. The summed E-state index contributed by atoms with van der Waals surface area (Å²) in [6, 6.07) is 17.3. The van der Waals surface area contributed by atoms with E-state index in [1.165, 1.54) is 22.3 Å². The molecule has 0 saturated carbocycles. The molecule has 2 aromatic carbocycles. The minimum atomic E-state index is -0.203. The second-order valence-electron chi connectivity index (χ2n) is 6.42. The second-order valence-corrected chi connectivity index (χ2v) is 6.42. The topological polar surface area (TPSA) is 29.3 Å². The third-order valence-electron chi connectivity index (χ3n) is 4.56. The third kappa shape index (κ3) is 3.02.